The van der Waals surface area contributed by atoms with E-state index in [0.29, 0.717) is 29.6 Å². The average Bonchev–Trinajstić information content (AvgIpc) is 2.99. The topological polar surface area (TPSA) is 63.7 Å². The number of Topliss-reactive ketones (excluding diaryl/α,β-unsaturated/α-hetero) is 1. The van der Waals surface area contributed by atoms with Crippen molar-refractivity contribution in [1.82, 2.24) is 0 Å². The van der Waals surface area contributed by atoms with Gasteiger partial charge in [-0.1, -0.05) is 41.9 Å². The maximum Gasteiger partial charge on any atom is 0.261 e. The molecule has 0 radical (unpaired) electrons. The lowest BCUT2D eigenvalue weighted by molar-refractivity contribution is -0.120. The second-order valence-corrected chi connectivity index (χ2v) is 7.33. The molecule has 0 aromatic heterocycles. The van der Waals surface area contributed by atoms with Crippen LogP contribution >= 0.6 is 11.6 Å². The van der Waals surface area contributed by atoms with Crippen LogP contribution < -0.4 is 9.64 Å². The molecule has 0 unspecified atom stereocenters. The molecule has 2 aromatic carbocycles. The zero-order valence-electron chi connectivity index (χ0n) is 15.4. The molecule has 0 saturated carbocycles. The Morgan fingerprint density at radius 2 is 1.66 bits per heavy atom. The molecule has 1 heterocycles. The van der Waals surface area contributed by atoms with Crippen molar-refractivity contribution >= 4 is 34.9 Å². The van der Waals surface area contributed by atoms with Gasteiger partial charge in [0.1, 0.15) is 11.6 Å². The SMILES string of the molecule is O=C(COc1cc(N2C(=O)C3=C(CCCC3)C2=O)c(F)cc1Cl)c1ccccc1. The summed E-state index contributed by atoms with van der Waals surface area (Å²) in [6, 6.07) is 10.7. The Hall–Kier alpha value is -2.99. The van der Waals surface area contributed by atoms with Crippen LogP contribution in [0.5, 0.6) is 5.75 Å². The van der Waals surface area contributed by atoms with Crippen LogP contribution in [0, 0.1) is 5.82 Å². The molecule has 4 rings (SSSR count). The summed E-state index contributed by atoms with van der Waals surface area (Å²) < 4.78 is 20.1. The van der Waals surface area contributed by atoms with Crippen LogP contribution in [0.2, 0.25) is 5.02 Å². The Labute approximate surface area is 171 Å². The normalized spacial score (nSPS) is 16.3. The molecule has 7 heteroatoms. The van der Waals surface area contributed by atoms with E-state index in [-0.39, 0.29) is 28.8 Å². The van der Waals surface area contributed by atoms with Crippen LogP contribution in [0.4, 0.5) is 10.1 Å². The highest BCUT2D eigenvalue weighted by Gasteiger charge is 2.41. The number of rotatable bonds is 5. The fourth-order valence-electron chi connectivity index (χ4n) is 3.61. The van der Waals surface area contributed by atoms with E-state index >= 15 is 0 Å². The van der Waals surface area contributed by atoms with Gasteiger partial charge >= 0.3 is 0 Å². The molecule has 0 saturated heterocycles. The lowest BCUT2D eigenvalue weighted by atomic mass is 9.93. The number of amides is 2. The maximum atomic E-state index is 14.6. The molecule has 2 aromatic rings. The van der Waals surface area contributed by atoms with Gasteiger partial charge < -0.3 is 4.74 Å². The minimum absolute atomic E-state index is 0.0258. The molecule has 0 N–H and O–H groups in total. The Balaban J connectivity index is 1.59. The number of nitrogens with zero attached hydrogens (tertiary/aromatic N) is 1. The van der Waals surface area contributed by atoms with Crippen molar-refractivity contribution in [2.45, 2.75) is 25.7 Å². The third-order valence-electron chi connectivity index (χ3n) is 5.09. The summed E-state index contributed by atoms with van der Waals surface area (Å²) in [6.07, 6.45) is 2.68. The van der Waals surface area contributed by atoms with Crippen molar-refractivity contribution in [1.29, 1.82) is 0 Å². The van der Waals surface area contributed by atoms with Crippen LogP contribution in [0.15, 0.2) is 53.6 Å². The third kappa shape index (κ3) is 3.56. The predicted molar refractivity (Wildman–Crippen MR) is 106 cm³/mol. The number of halogens is 2. The Morgan fingerprint density at radius 1 is 1.03 bits per heavy atom. The van der Waals surface area contributed by atoms with E-state index in [0.717, 1.165) is 23.8 Å². The fourth-order valence-corrected chi connectivity index (χ4v) is 3.81. The number of carbonyl (C=O) groups is 3. The first-order valence-electron chi connectivity index (χ1n) is 9.28. The van der Waals surface area contributed by atoms with Crippen LogP contribution in [-0.2, 0) is 9.59 Å². The van der Waals surface area contributed by atoms with E-state index in [4.69, 9.17) is 16.3 Å². The largest absolute Gasteiger partial charge is 0.484 e. The first kappa shape index (κ1) is 19.3. The van der Waals surface area contributed by atoms with Gasteiger partial charge in [0.25, 0.3) is 11.8 Å². The number of hydrogen-bond donors (Lipinski definition) is 0. The second kappa shape index (κ2) is 7.79. The molecular weight excluding hydrogens is 397 g/mol. The van der Waals surface area contributed by atoms with Gasteiger partial charge in [0, 0.05) is 22.8 Å². The summed E-state index contributed by atoms with van der Waals surface area (Å²) >= 11 is 6.06. The van der Waals surface area contributed by atoms with E-state index < -0.39 is 17.6 Å². The molecule has 1 aliphatic heterocycles. The molecule has 29 heavy (non-hydrogen) atoms. The zero-order valence-corrected chi connectivity index (χ0v) is 16.2. The molecule has 5 nitrogen and oxygen atoms in total. The van der Waals surface area contributed by atoms with E-state index in [1.165, 1.54) is 6.07 Å². The molecule has 148 valence electrons. The Morgan fingerprint density at radius 3 is 2.28 bits per heavy atom. The number of imide groups is 1. The monoisotopic (exact) mass is 413 g/mol. The maximum absolute atomic E-state index is 14.6. The van der Waals surface area contributed by atoms with Crippen molar-refractivity contribution in [3.8, 4) is 5.75 Å². The molecule has 0 bridgehead atoms. The van der Waals surface area contributed by atoms with Gasteiger partial charge in [0.05, 0.1) is 10.7 Å². The van der Waals surface area contributed by atoms with E-state index in [2.05, 4.69) is 0 Å². The summed E-state index contributed by atoms with van der Waals surface area (Å²) in [5.41, 5.74) is 1.16. The van der Waals surface area contributed by atoms with Crippen molar-refractivity contribution in [3.63, 3.8) is 0 Å². The Kier molecular flexibility index (Phi) is 5.20. The van der Waals surface area contributed by atoms with Crippen LogP contribution in [-0.4, -0.2) is 24.2 Å². The zero-order chi connectivity index (χ0) is 20.5. The minimum atomic E-state index is -0.807. The summed E-state index contributed by atoms with van der Waals surface area (Å²) in [6.45, 7) is -0.314. The Bertz CT molecular complexity index is 1020. The highest BCUT2D eigenvalue weighted by Crippen LogP contribution is 2.39. The highest BCUT2D eigenvalue weighted by atomic mass is 35.5. The van der Waals surface area contributed by atoms with E-state index in [1.807, 2.05) is 0 Å². The third-order valence-corrected chi connectivity index (χ3v) is 5.38. The fraction of sp³-hybridized carbons (Fsp3) is 0.227. The van der Waals surface area contributed by atoms with Gasteiger partial charge in [-0.05, 0) is 31.7 Å². The molecule has 1 aliphatic carbocycles. The van der Waals surface area contributed by atoms with Crippen molar-refractivity contribution in [2.75, 3.05) is 11.5 Å². The number of benzene rings is 2. The standard InChI is InChI=1S/C22H17ClFNO4/c23-16-10-17(24)18(25-21(27)14-8-4-5-9-15(14)22(25)28)11-20(16)29-12-19(26)13-6-2-1-3-7-13/h1-3,6-7,10-11H,4-5,8-9,12H2. The first-order valence-corrected chi connectivity index (χ1v) is 9.66. The van der Waals surface area contributed by atoms with Crippen LogP contribution in [0.1, 0.15) is 36.0 Å². The van der Waals surface area contributed by atoms with Gasteiger partial charge in [0.15, 0.2) is 12.4 Å². The number of ketones is 1. The number of carbonyl (C=O) groups excluding carboxylic acids is 3. The van der Waals surface area contributed by atoms with Gasteiger partial charge in [-0.2, -0.15) is 0 Å². The minimum Gasteiger partial charge on any atom is -0.484 e. The van der Waals surface area contributed by atoms with Crippen LogP contribution in [0.25, 0.3) is 0 Å². The molecule has 2 aliphatic rings. The van der Waals surface area contributed by atoms with Crippen molar-refractivity contribution in [3.05, 3.63) is 70.0 Å². The van der Waals surface area contributed by atoms with Gasteiger partial charge in [-0.3, -0.25) is 14.4 Å². The number of anilines is 1. The predicted octanol–water partition coefficient (Wildman–Crippen LogP) is 4.48. The highest BCUT2D eigenvalue weighted by molar-refractivity contribution is 6.34. The summed E-state index contributed by atoms with van der Waals surface area (Å²) in [4.78, 5) is 38.5. The van der Waals surface area contributed by atoms with Gasteiger partial charge in [-0.15, -0.1) is 0 Å². The molecule has 0 atom stereocenters. The summed E-state index contributed by atoms with van der Waals surface area (Å²) in [5.74, 6) is -2.07. The molecule has 0 spiro atoms. The number of hydrogen-bond acceptors (Lipinski definition) is 4. The number of ether oxygens (including phenoxy) is 1. The molecule has 0 fully saturated rings. The van der Waals surface area contributed by atoms with E-state index in [9.17, 15) is 18.8 Å². The summed E-state index contributed by atoms with van der Waals surface area (Å²) in [7, 11) is 0. The van der Waals surface area contributed by atoms with E-state index in [1.54, 1.807) is 30.3 Å². The molecular formula is C22H17ClFNO4. The van der Waals surface area contributed by atoms with Gasteiger partial charge in [0.2, 0.25) is 0 Å². The lowest BCUT2D eigenvalue weighted by Gasteiger charge is -2.18. The second-order valence-electron chi connectivity index (χ2n) is 6.92. The average molecular weight is 414 g/mol. The van der Waals surface area contributed by atoms with Crippen molar-refractivity contribution < 1.29 is 23.5 Å². The lowest BCUT2D eigenvalue weighted by Crippen LogP contribution is -2.32. The van der Waals surface area contributed by atoms with Crippen LogP contribution in [0.3, 0.4) is 0 Å². The molecule has 2 amide bonds. The quantitative estimate of drug-likeness (QED) is 0.535. The van der Waals surface area contributed by atoms with Gasteiger partial charge in [-0.25, -0.2) is 9.29 Å². The van der Waals surface area contributed by atoms with Crippen molar-refractivity contribution in [2.24, 2.45) is 0 Å². The summed E-state index contributed by atoms with van der Waals surface area (Å²) in [5, 5.41) is -0.0519. The first-order chi connectivity index (χ1) is 14.0. The smallest absolute Gasteiger partial charge is 0.261 e.